The van der Waals surface area contributed by atoms with Crippen LogP contribution in [0.15, 0.2) is 48.5 Å². The van der Waals surface area contributed by atoms with E-state index < -0.39 is 0 Å². The molecular weight excluding hydrogens is 274 g/mol. The van der Waals surface area contributed by atoms with E-state index in [1.165, 1.54) is 0 Å². The van der Waals surface area contributed by atoms with E-state index in [4.69, 9.17) is 4.74 Å². The molecule has 0 aliphatic rings. The van der Waals surface area contributed by atoms with Gasteiger partial charge in [0.25, 0.3) is 0 Å². The van der Waals surface area contributed by atoms with Crippen LogP contribution in [0.1, 0.15) is 19.2 Å². The fourth-order valence-corrected chi connectivity index (χ4v) is 2.28. The lowest BCUT2D eigenvalue weighted by Gasteiger charge is -2.10. The second-order valence-corrected chi connectivity index (χ2v) is 5.13. The molecular formula is C18H19N3O. The molecule has 1 heterocycles. The standard InChI is InChI=1S/C18H19N3O/c1-3-12-22-15-10-8-14(9-11-15)21-18-16-6-4-5-7-17(16)19-13(2)20-18/h4-11H,3,12H2,1-2H3,(H,19,20,21). The second kappa shape index (κ2) is 6.43. The van der Waals surface area contributed by atoms with Gasteiger partial charge in [-0.1, -0.05) is 19.1 Å². The van der Waals surface area contributed by atoms with Gasteiger partial charge in [-0.25, -0.2) is 9.97 Å². The number of rotatable bonds is 5. The van der Waals surface area contributed by atoms with Crippen molar-refractivity contribution in [1.82, 2.24) is 9.97 Å². The van der Waals surface area contributed by atoms with E-state index in [0.717, 1.165) is 47.0 Å². The number of benzene rings is 2. The zero-order chi connectivity index (χ0) is 15.4. The van der Waals surface area contributed by atoms with Crippen molar-refractivity contribution in [3.05, 3.63) is 54.4 Å². The van der Waals surface area contributed by atoms with Crippen molar-refractivity contribution in [3.8, 4) is 5.75 Å². The molecule has 112 valence electrons. The van der Waals surface area contributed by atoms with E-state index in [-0.39, 0.29) is 0 Å². The van der Waals surface area contributed by atoms with E-state index in [1.54, 1.807) is 0 Å². The number of anilines is 2. The van der Waals surface area contributed by atoms with Crippen LogP contribution < -0.4 is 10.1 Å². The Morgan fingerprint density at radius 3 is 2.55 bits per heavy atom. The smallest absolute Gasteiger partial charge is 0.142 e. The summed E-state index contributed by atoms with van der Waals surface area (Å²) in [5.41, 5.74) is 1.92. The molecule has 0 aliphatic heterocycles. The molecule has 4 heteroatoms. The average molecular weight is 293 g/mol. The van der Waals surface area contributed by atoms with Gasteiger partial charge in [-0.3, -0.25) is 0 Å². The molecule has 22 heavy (non-hydrogen) atoms. The Bertz CT molecular complexity index is 769. The number of aromatic nitrogens is 2. The lowest BCUT2D eigenvalue weighted by Crippen LogP contribution is -1.99. The summed E-state index contributed by atoms with van der Waals surface area (Å²) in [5, 5.41) is 4.38. The highest BCUT2D eigenvalue weighted by Gasteiger charge is 2.05. The summed E-state index contributed by atoms with van der Waals surface area (Å²) >= 11 is 0. The van der Waals surface area contributed by atoms with Crippen LogP contribution in [-0.2, 0) is 0 Å². The summed E-state index contributed by atoms with van der Waals surface area (Å²) < 4.78 is 5.60. The Kier molecular flexibility index (Phi) is 4.19. The first-order valence-electron chi connectivity index (χ1n) is 7.49. The second-order valence-electron chi connectivity index (χ2n) is 5.13. The molecule has 0 amide bonds. The van der Waals surface area contributed by atoms with Crippen LogP contribution >= 0.6 is 0 Å². The molecule has 0 bridgehead atoms. The molecule has 0 atom stereocenters. The first-order chi connectivity index (χ1) is 10.8. The third-order valence-electron chi connectivity index (χ3n) is 3.30. The molecule has 0 radical (unpaired) electrons. The molecule has 0 unspecified atom stereocenters. The van der Waals surface area contributed by atoms with E-state index in [0.29, 0.717) is 0 Å². The molecule has 0 aliphatic carbocycles. The third-order valence-corrected chi connectivity index (χ3v) is 3.30. The highest BCUT2D eigenvalue weighted by molar-refractivity contribution is 5.90. The van der Waals surface area contributed by atoms with Gasteiger partial charge in [0.2, 0.25) is 0 Å². The predicted molar refractivity (Wildman–Crippen MR) is 89.8 cm³/mol. The Labute approximate surface area is 130 Å². The summed E-state index contributed by atoms with van der Waals surface area (Å²) in [6.45, 7) is 4.74. The first kappa shape index (κ1) is 14.3. The van der Waals surface area contributed by atoms with Crippen molar-refractivity contribution in [2.75, 3.05) is 11.9 Å². The maximum Gasteiger partial charge on any atom is 0.142 e. The maximum absolute atomic E-state index is 5.60. The van der Waals surface area contributed by atoms with Crippen LogP contribution in [0.5, 0.6) is 5.75 Å². The molecule has 0 spiro atoms. The molecule has 1 aromatic heterocycles. The lowest BCUT2D eigenvalue weighted by molar-refractivity contribution is 0.317. The summed E-state index contributed by atoms with van der Waals surface area (Å²) in [4.78, 5) is 8.97. The van der Waals surface area contributed by atoms with Crippen molar-refractivity contribution in [2.45, 2.75) is 20.3 Å². The zero-order valence-electron chi connectivity index (χ0n) is 12.8. The van der Waals surface area contributed by atoms with Gasteiger partial charge >= 0.3 is 0 Å². The minimum atomic E-state index is 0.739. The van der Waals surface area contributed by atoms with Gasteiger partial charge in [-0.05, 0) is 49.7 Å². The normalized spacial score (nSPS) is 10.6. The quantitative estimate of drug-likeness (QED) is 0.754. The van der Waals surface area contributed by atoms with Gasteiger partial charge in [-0.2, -0.15) is 0 Å². The van der Waals surface area contributed by atoms with Gasteiger partial charge in [0.05, 0.1) is 12.1 Å². The molecule has 3 rings (SSSR count). The Morgan fingerprint density at radius 2 is 1.77 bits per heavy atom. The fourth-order valence-electron chi connectivity index (χ4n) is 2.28. The number of fused-ring (bicyclic) bond motifs is 1. The molecule has 0 saturated carbocycles. The molecule has 0 saturated heterocycles. The van der Waals surface area contributed by atoms with Crippen LogP contribution in [0.2, 0.25) is 0 Å². The SMILES string of the molecule is CCCOc1ccc(Nc2nc(C)nc3ccccc23)cc1. The van der Waals surface area contributed by atoms with Gasteiger partial charge in [0.1, 0.15) is 17.4 Å². The maximum atomic E-state index is 5.60. The predicted octanol–water partition coefficient (Wildman–Crippen LogP) is 4.47. The minimum absolute atomic E-state index is 0.739. The van der Waals surface area contributed by atoms with Crippen LogP contribution in [-0.4, -0.2) is 16.6 Å². The monoisotopic (exact) mass is 293 g/mol. The van der Waals surface area contributed by atoms with Crippen LogP contribution in [0.4, 0.5) is 11.5 Å². The largest absolute Gasteiger partial charge is 0.494 e. The number of nitrogens with one attached hydrogen (secondary N) is 1. The summed E-state index contributed by atoms with van der Waals surface area (Å²) in [6.07, 6.45) is 1.01. The number of aryl methyl sites for hydroxylation is 1. The third kappa shape index (κ3) is 3.17. The molecule has 1 N–H and O–H groups in total. The van der Waals surface area contributed by atoms with Crippen molar-refractivity contribution in [1.29, 1.82) is 0 Å². The van der Waals surface area contributed by atoms with E-state index in [2.05, 4.69) is 22.2 Å². The summed E-state index contributed by atoms with van der Waals surface area (Å²) in [7, 11) is 0. The average Bonchev–Trinajstić information content (AvgIpc) is 2.54. The van der Waals surface area contributed by atoms with E-state index >= 15 is 0 Å². The van der Waals surface area contributed by atoms with Crippen molar-refractivity contribution in [2.24, 2.45) is 0 Å². The van der Waals surface area contributed by atoms with E-state index in [1.807, 2.05) is 55.5 Å². The first-order valence-corrected chi connectivity index (χ1v) is 7.49. The van der Waals surface area contributed by atoms with Gasteiger partial charge in [0, 0.05) is 11.1 Å². The van der Waals surface area contributed by atoms with Crippen LogP contribution in [0, 0.1) is 6.92 Å². The minimum Gasteiger partial charge on any atom is -0.494 e. The summed E-state index contributed by atoms with van der Waals surface area (Å²) in [6, 6.07) is 15.9. The highest BCUT2D eigenvalue weighted by atomic mass is 16.5. The van der Waals surface area contributed by atoms with Crippen LogP contribution in [0.25, 0.3) is 10.9 Å². The summed E-state index contributed by atoms with van der Waals surface area (Å²) in [5.74, 6) is 2.46. The molecule has 4 nitrogen and oxygen atoms in total. The van der Waals surface area contributed by atoms with Crippen molar-refractivity contribution < 1.29 is 4.74 Å². The Balaban J connectivity index is 1.86. The number of hydrogen-bond acceptors (Lipinski definition) is 4. The Morgan fingerprint density at radius 1 is 1.00 bits per heavy atom. The number of para-hydroxylation sites is 1. The Hall–Kier alpha value is -2.62. The highest BCUT2D eigenvalue weighted by Crippen LogP contribution is 2.24. The van der Waals surface area contributed by atoms with E-state index in [9.17, 15) is 0 Å². The fraction of sp³-hybridized carbons (Fsp3) is 0.222. The lowest BCUT2D eigenvalue weighted by atomic mass is 10.2. The van der Waals surface area contributed by atoms with Gasteiger partial charge in [-0.15, -0.1) is 0 Å². The topological polar surface area (TPSA) is 47.0 Å². The molecule has 3 aromatic rings. The van der Waals surface area contributed by atoms with Gasteiger partial charge < -0.3 is 10.1 Å². The molecule has 0 fully saturated rings. The number of ether oxygens (including phenoxy) is 1. The number of nitrogens with zero attached hydrogens (tertiary/aromatic N) is 2. The number of hydrogen-bond donors (Lipinski definition) is 1. The zero-order valence-corrected chi connectivity index (χ0v) is 12.8. The van der Waals surface area contributed by atoms with Gasteiger partial charge in [0.15, 0.2) is 0 Å². The van der Waals surface area contributed by atoms with Crippen LogP contribution in [0.3, 0.4) is 0 Å². The van der Waals surface area contributed by atoms with Crippen molar-refractivity contribution >= 4 is 22.4 Å². The molecule has 2 aromatic carbocycles. The van der Waals surface area contributed by atoms with Crippen molar-refractivity contribution in [3.63, 3.8) is 0 Å².